The molecule has 0 saturated heterocycles. The van der Waals surface area contributed by atoms with Gasteiger partial charge in [-0.05, 0) is 43.0 Å². The fraction of sp³-hybridized carbons (Fsp3) is 0.625. The second-order valence-corrected chi connectivity index (χ2v) is 5.53. The van der Waals surface area contributed by atoms with Crippen molar-refractivity contribution in [3.8, 4) is 5.75 Å². The lowest BCUT2D eigenvalue weighted by atomic mass is 9.82. The van der Waals surface area contributed by atoms with Gasteiger partial charge >= 0.3 is 0 Å². The molecule has 1 aromatic rings. The molecule has 0 aliphatic heterocycles. The Hall–Kier alpha value is -1.02. The van der Waals surface area contributed by atoms with Crippen molar-refractivity contribution in [1.82, 2.24) is 5.32 Å². The highest BCUT2D eigenvalue weighted by atomic mass is 16.5. The first-order chi connectivity index (χ1) is 8.49. The Balaban J connectivity index is 2.56. The third-order valence-corrected chi connectivity index (χ3v) is 3.57. The number of nitrogens with one attached hydrogen (secondary N) is 1. The molecular formula is C16H27NO. The van der Waals surface area contributed by atoms with Crippen LogP contribution in [0.5, 0.6) is 5.75 Å². The minimum atomic E-state index is 0.246. The highest BCUT2D eigenvalue weighted by Gasteiger charge is 2.17. The normalized spacial score (nSPS) is 13.4. The Kier molecular flexibility index (Phi) is 5.67. The lowest BCUT2D eigenvalue weighted by Gasteiger charge is -2.23. The number of hydrogen-bond acceptors (Lipinski definition) is 2. The molecule has 0 heterocycles. The number of ether oxygens (including phenoxy) is 1. The predicted molar refractivity (Wildman–Crippen MR) is 78.4 cm³/mol. The largest absolute Gasteiger partial charge is 0.492 e. The van der Waals surface area contributed by atoms with Gasteiger partial charge in [-0.3, -0.25) is 0 Å². The smallest absolute Gasteiger partial charge is 0.119 e. The molecule has 0 saturated carbocycles. The van der Waals surface area contributed by atoms with Crippen LogP contribution in [-0.2, 0) is 5.41 Å². The quantitative estimate of drug-likeness (QED) is 0.794. The first-order valence-electron chi connectivity index (χ1n) is 6.96. The van der Waals surface area contributed by atoms with Crippen molar-refractivity contribution in [3.05, 3.63) is 29.8 Å². The van der Waals surface area contributed by atoms with Gasteiger partial charge in [0.15, 0.2) is 0 Å². The third-order valence-electron chi connectivity index (χ3n) is 3.57. The van der Waals surface area contributed by atoms with Crippen LogP contribution in [-0.4, -0.2) is 19.2 Å². The lowest BCUT2D eigenvalue weighted by molar-refractivity contribution is 0.275. The molecule has 0 radical (unpaired) electrons. The molecule has 0 fully saturated rings. The van der Waals surface area contributed by atoms with E-state index in [4.69, 9.17) is 4.74 Å². The Morgan fingerprint density at radius 3 is 2.28 bits per heavy atom. The zero-order valence-corrected chi connectivity index (χ0v) is 12.4. The van der Waals surface area contributed by atoms with Gasteiger partial charge in [0, 0.05) is 6.04 Å². The fourth-order valence-electron chi connectivity index (χ4n) is 1.84. The summed E-state index contributed by atoms with van der Waals surface area (Å²) in [6, 6.07) is 8.89. The highest BCUT2D eigenvalue weighted by molar-refractivity contribution is 5.31. The number of likely N-dealkylation sites (N-methyl/N-ethyl adjacent to an activating group) is 1. The second kappa shape index (κ2) is 6.79. The van der Waals surface area contributed by atoms with Crippen molar-refractivity contribution in [2.75, 3.05) is 13.2 Å². The minimum Gasteiger partial charge on any atom is -0.492 e. The van der Waals surface area contributed by atoms with Gasteiger partial charge in [-0.1, -0.05) is 39.8 Å². The summed E-state index contributed by atoms with van der Waals surface area (Å²) in [4.78, 5) is 0. The van der Waals surface area contributed by atoms with Crippen molar-refractivity contribution < 1.29 is 4.74 Å². The number of benzene rings is 1. The van der Waals surface area contributed by atoms with Crippen LogP contribution in [0.2, 0.25) is 0 Å². The van der Waals surface area contributed by atoms with Gasteiger partial charge in [-0.15, -0.1) is 0 Å². The van der Waals surface area contributed by atoms with E-state index in [0.717, 1.165) is 18.7 Å². The van der Waals surface area contributed by atoms with Gasteiger partial charge in [0.25, 0.3) is 0 Å². The van der Waals surface area contributed by atoms with Crippen molar-refractivity contribution in [2.24, 2.45) is 0 Å². The van der Waals surface area contributed by atoms with Gasteiger partial charge in [0.2, 0.25) is 0 Å². The average molecular weight is 249 g/mol. The summed E-state index contributed by atoms with van der Waals surface area (Å²) in [6.07, 6.45) is 1.14. The summed E-state index contributed by atoms with van der Waals surface area (Å²) >= 11 is 0. The summed E-state index contributed by atoms with van der Waals surface area (Å²) in [5, 5.41) is 3.34. The van der Waals surface area contributed by atoms with Crippen molar-refractivity contribution in [2.45, 2.75) is 52.5 Å². The molecule has 1 N–H and O–H groups in total. The van der Waals surface area contributed by atoms with Gasteiger partial charge < -0.3 is 10.1 Å². The molecule has 0 amide bonds. The van der Waals surface area contributed by atoms with Crippen molar-refractivity contribution in [3.63, 3.8) is 0 Å². The topological polar surface area (TPSA) is 21.3 Å². The SMILES string of the molecule is CCNC(C)COc1ccc(C(C)(C)CC)cc1. The van der Waals surface area contributed by atoms with Crippen LogP contribution < -0.4 is 10.1 Å². The van der Waals surface area contributed by atoms with Crippen molar-refractivity contribution in [1.29, 1.82) is 0 Å². The summed E-state index contributed by atoms with van der Waals surface area (Å²) in [5.74, 6) is 0.954. The Bertz CT molecular complexity index is 343. The highest BCUT2D eigenvalue weighted by Crippen LogP contribution is 2.27. The van der Waals surface area contributed by atoms with Crippen LogP contribution in [0.15, 0.2) is 24.3 Å². The van der Waals surface area contributed by atoms with Crippen LogP contribution >= 0.6 is 0 Å². The van der Waals surface area contributed by atoms with Gasteiger partial charge in [-0.25, -0.2) is 0 Å². The van der Waals surface area contributed by atoms with Gasteiger partial charge in [-0.2, -0.15) is 0 Å². The van der Waals surface area contributed by atoms with E-state index in [0.29, 0.717) is 12.6 Å². The number of hydrogen-bond donors (Lipinski definition) is 1. The Morgan fingerprint density at radius 2 is 1.78 bits per heavy atom. The minimum absolute atomic E-state index is 0.246. The third kappa shape index (κ3) is 4.34. The van der Waals surface area contributed by atoms with Crippen LogP contribution in [0, 0.1) is 0 Å². The molecule has 0 aliphatic carbocycles. The van der Waals surface area contributed by atoms with E-state index in [1.54, 1.807) is 0 Å². The average Bonchev–Trinajstić information content (AvgIpc) is 2.37. The van der Waals surface area contributed by atoms with Crippen LogP contribution in [0.4, 0.5) is 0 Å². The molecule has 2 heteroatoms. The van der Waals surface area contributed by atoms with E-state index in [9.17, 15) is 0 Å². The van der Waals surface area contributed by atoms with E-state index in [2.05, 4.69) is 64.2 Å². The summed E-state index contributed by atoms with van der Waals surface area (Å²) in [7, 11) is 0. The van der Waals surface area contributed by atoms with Crippen LogP contribution in [0.1, 0.15) is 46.6 Å². The maximum atomic E-state index is 5.76. The molecular weight excluding hydrogens is 222 g/mol. The molecule has 1 atom stereocenters. The van der Waals surface area contributed by atoms with E-state index in [1.165, 1.54) is 5.56 Å². The van der Waals surface area contributed by atoms with E-state index >= 15 is 0 Å². The molecule has 1 rings (SSSR count). The molecule has 18 heavy (non-hydrogen) atoms. The summed E-state index contributed by atoms with van der Waals surface area (Å²) in [5.41, 5.74) is 1.62. The zero-order chi connectivity index (χ0) is 13.6. The monoisotopic (exact) mass is 249 g/mol. The lowest BCUT2D eigenvalue weighted by Crippen LogP contribution is -2.31. The predicted octanol–water partition coefficient (Wildman–Crippen LogP) is 3.75. The van der Waals surface area contributed by atoms with E-state index in [-0.39, 0.29) is 5.41 Å². The second-order valence-electron chi connectivity index (χ2n) is 5.53. The van der Waals surface area contributed by atoms with Gasteiger partial charge in [0.1, 0.15) is 12.4 Å². The fourth-order valence-corrected chi connectivity index (χ4v) is 1.84. The standard InChI is InChI=1S/C16H27NO/c1-6-16(4,5)14-8-10-15(11-9-14)18-12-13(3)17-7-2/h8-11,13,17H,6-7,12H2,1-5H3. The Morgan fingerprint density at radius 1 is 1.17 bits per heavy atom. The van der Waals surface area contributed by atoms with E-state index in [1.807, 2.05) is 0 Å². The maximum absolute atomic E-state index is 5.76. The Labute approximate surface area is 112 Å². The zero-order valence-electron chi connectivity index (χ0n) is 12.4. The molecule has 0 spiro atoms. The molecule has 0 aliphatic rings. The maximum Gasteiger partial charge on any atom is 0.119 e. The first kappa shape index (κ1) is 15.0. The van der Waals surface area contributed by atoms with Gasteiger partial charge in [0.05, 0.1) is 0 Å². The summed E-state index contributed by atoms with van der Waals surface area (Å²) < 4.78 is 5.76. The molecule has 0 bridgehead atoms. The van der Waals surface area contributed by atoms with Crippen molar-refractivity contribution >= 4 is 0 Å². The summed E-state index contributed by atoms with van der Waals surface area (Å²) in [6.45, 7) is 12.7. The number of rotatable bonds is 7. The molecule has 0 aromatic heterocycles. The molecule has 102 valence electrons. The van der Waals surface area contributed by atoms with E-state index < -0.39 is 0 Å². The molecule has 2 nitrogen and oxygen atoms in total. The van der Waals surface area contributed by atoms with Crippen LogP contribution in [0.25, 0.3) is 0 Å². The molecule has 1 aromatic carbocycles. The van der Waals surface area contributed by atoms with Crippen LogP contribution in [0.3, 0.4) is 0 Å². The first-order valence-corrected chi connectivity index (χ1v) is 6.96. The molecule has 1 unspecified atom stereocenters.